The number of carbonyl (C=O) groups excluding carboxylic acids is 1. The fourth-order valence-electron chi connectivity index (χ4n) is 7.38. The Hall–Kier alpha value is -2.17. The zero-order valence-electron chi connectivity index (χ0n) is 38.5. The highest BCUT2D eigenvalue weighted by molar-refractivity contribution is 5.76. The molecular formula is C54H97NO3. The zero-order valence-corrected chi connectivity index (χ0v) is 38.5. The predicted octanol–water partition coefficient (Wildman–Crippen LogP) is 16.2. The van der Waals surface area contributed by atoms with Crippen LogP contribution < -0.4 is 5.32 Å². The van der Waals surface area contributed by atoms with Gasteiger partial charge in [0.1, 0.15) is 0 Å². The Kier molecular flexibility index (Phi) is 47.4. The first-order valence-electron chi connectivity index (χ1n) is 25.2. The van der Waals surface area contributed by atoms with Crippen molar-refractivity contribution < 1.29 is 15.0 Å². The van der Waals surface area contributed by atoms with Crippen molar-refractivity contribution >= 4 is 5.91 Å². The van der Waals surface area contributed by atoms with Gasteiger partial charge in [-0.1, -0.05) is 247 Å². The molecule has 3 N–H and O–H groups in total. The molecule has 0 saturated heterocycles. The Morgan fingerprint density at radius 2 is 0.759 bits per heavy atom. The van der Waals surface area contributed by atoms with Crippen LogP contribution in [0, 0.1) is 0 Å². The number of unbranched alkanes of at least 4 members (excludes halogenated alkanes) is 28. The Morgan fingerprint density at radius 1 is 0.431 bits per heavy atom. The number of rotatable bonds is 45. The van der Waals surface area contributed by atoms with Crippen molar-refractivity contribution in [3.05, 3.63) is 72.9 Å². The molecule has 4 heteroatoms. The third-order valence-corrected chi connectivity index (χ3v) is 11.2. The Morgan fingerprint density at radius 3 is 1.14 bits per heavy atom. The molecule has 0 bridgehead atoms. The van der Waals surface area contributed by atoms with Gasteiger partial charge in [0.25, 0.3) is 0 Å². The van der Waals surface area contributed by atoms with E-state index in [0.717, 1.165) is 57.8 Å². The molecular weight excluding hydrogens is 711 g/mol. The molecule has 0 aliphatic carbocycles. The number of aliphatic hydroxyl groups is 2. The largest absolute Gasteiger partial charge is 0.394 e. The molecule has 58 heavy (non-hydrogen) atoms. The van der Waals surface area contributed by atoms with Gasteiger partial charge in [0, 0.05) is 6.42 Å². The summed E-state index contributed by atoms with van der Waals surface area (Å²) in [5, 5.41) is 23.1. The highest BCUT2D eigenvalue weighted by atomic mass is 16.3. The smallest absolute Gasteiger partial charge is 0.220 e. The molecule has 336 valence electrons. The molecule has 4 nitrogen and oxygen atoms in total. The van der Waals surface area contributed by atoms with Crippen LogP contribution in [0.15, 0.2) is 72.9 Å². The van der Waals surface area contributed by atoms with Gasteiger partial charge >= 0.3 is 0 Å². The van der Waals surface area contributed by atoms with Gasteiger partial charge in [-0.3, -0.25) is 4.79 Å². The predicted molar refractivity (Wildman–Crippen MR) is 257 cm³/mol. The fourth-order valence-corrected chi connectivity index (χ4v) is 7.38. The minimum absolute atomic E-state index is 0.0654. The average molecular weight is 808 g/mol. The van der Waals surface area contributed by atoms with Gasteiger partial charge in [-0.2, -0.15) is 0 Å². The third kappa shape index (κ3) is 44.9. The van der Waals surface area contributed by atoms with Crippen LogP contribution in [0.5, 0.6) is 0 Å². The lowest BCUT2D eigenvalue weighted by Gasteiger charge is -2.20. The van der Waals surface area contributed by atoms with Crippen molar-refractivity contribution in [1.82, 2.24) is 5.32 Å². The standard InChI is InChI=1S/C54H97NO3/c1-3-5-7-9-11-13-15-17-19-20-21-22-23-24-25-26-27-28-29-30-31-32-33-34-36-38-40-42-44-46-48-50-54(58)55-52(51-56)53(57)49-47-45-43-41-39-37-35-18-16-14-12-10-8-6-4-2/h5,7,11,13,17,19,21-22,24-25,47,49,52-53,56-57H,3-4,6,8-10,12,14-16,18,20,23,26-46,48,50-51H2,1-2H3,(H,55,58)/b7-5-,13-11-,19-17-,22-21-,25-24-,49-47+. The SMILES string of the molecule is CC/C=C\C/C=C\C/C=C\C/C=C\C/C=C\CCCCCCCCCCCCCCCCCC(=O)NC(CO)C(O)/C=C/CCCCCCCCCCCCCCC. The van der Waals surface area contributed by atoms with Crippen molar-refractivity contribution in [2.75, 3.05) is 6.61 Å². The summed E-state index contributed by atoms with van der Waals surface area (Å²) in [5.74, 6) is -0.0654. The third-order valence-electron chi connectivity index (χ3n) is 11.2. The molecule has 2 atom stereocenters. The summed E-state index contributed by atoms with van der Waals surface area (Å²) in [5.41, 5.74) is 0. The number of allylic oxidation sites excluding steroid dienone is 11. The highest BCUT2D eigenvalue weighted by Crippen LogP contribution is 2.16. The molecule has 0 heterocycles. The second kappa shape index (κ2) is 49.2. The number of carbonyl (C=O) groups is 1. The van der Waals surface area contributed by atoms with Gasteiger partial charge in [-0.25, -0.2) is 0 Å². The normalized spacial score (nSPS) is 13.5. The Labute approximate surface area is 361 Å². The molecule has 2 unspecified atom stereocenters. The molecule has 0 aliphatic rings. The molecule has 0 saturated carbocycles. The Balaban J connectivity index is 3.52. The van der Waals surface area contributed by atoms with E-state index in [1.54, 1.807) is 6.08 Å². The number of hydrogen-bond donors (Lipinski definition) is 3. The van der Waals surface area contributed by atoms with Crippen LogP contribution in [0.3, 0.4) is 0 Å². The second-order valence-corrected chi connectivity index (χ2v) is 16.9. The van der Waals surface area contributed by atoms with Gasteiger partial charge in [0.05, 0.1) is 18.8 Å². The monoisotopic (exact) mass is 808 g/mol. The lowest BCUT2D eigenvalue weighted by atomic mass is 10.0. The first kappa shape index (κ1) is 55.8. The summed E-state index contributed by atoms with van der Waals surface area (Å²) >= 11 is 0. The van der Waals surface area contributed by atoms with Gasteiger partial charge in [0.15, 0.2) is 0 Å². The topological polar surface area (TPSA) is 69.6 Å². The first-order valence-corrected chi connectivity index (χ1v) is 25.2. The van der Waals surface area contributed by atoms with E-state index in [0.29, 0.717) is 6.42 Å². The summed E-state index contributed by atoms with van der Waals surface area (Å²) in [4.78, 5) is 12.4. The minimum Gasteiger partial charge on any atom is -0.394 e. The van der Waals surface area contributed by atoms with Crippen LogP contribution in [-0.4, -0.2) is 34.9 Å². The quantitative estimate of drug-likeness (QED) is 0.0424. The molecule has 0 spiro atoms. The van der Waals surface area contributed by atoms with E-state index >= 15 is 0 Å². The van der Waals surface area contributed by atoms with Crippen LogP contribution in [0.4, 0.5) is 0 Å². The minimum atomic E-state index is -0.841. The molecule has 0 aromatic heterocycles. The van der Waals surface area contributed by atoms with Gasteiger partial charge < -0.3 is 15.5 Å². The molecule has 0 rings (SSSR count). The highest BCUT2D eigenvalue weighted by Gasteiger charge is 2.18. The van der Waals surface area contributed by atoms with Crippen molar-refractivity contribution in [2.24, 2.45) is 0 Å². The summed E-state index contributed by atoms with van der Waals surface area (Å²) in [6.45, 7) is 4.20. The second-order valence-electron chi connectivity index (χ2n) is 16.9. The van der Waals surface area contributed by atoms with Crippen LogP contribution in [0.2, 0.25) is 0 Å². The van der Waals surface area contributed by atoms with Gasteiger partial charge in [-0.05, 0) is 64.2 Å². The van der Waals surface area contributed by atoms with E-state index in [1.165, 1.54) is 167 Å². The molecule has 1 amide bonds. The zero-order chi connectivity index (χ0) is 42.1. The molecule has 0 aromatic carbocycles. The summed E-state index contributed by atoms with van der Waals surface area (Å²) in [6, 6.07) is -0.624. The van der Waals surface area contributed by atoms with E-state index in [9.17, 15) is 15.0 Å². The van der Waals surface area contributed by atoms with Crippen molar-refractivity contribution in [2.45, 2.75) is 257 Å². The summed E-state index contributed by atoms with van der Waals surface area (Å²) in [6.07, 6.45) is 70.3. The van der Waals surface area contributed by atoms with Crippen molar-refractivity contribution in [3.63, 3.8) is 0 Å². The summed E-state index contributed by atoms with van der Waals surface area (Å²) < 4.78 is 0. The van der Waals surface area contributed by atoms with Crippen LogP contribution in [-0.2, 0) is 4.79 Å². The van der Waals surface area contributed by atoms with Crippen molar-refractivity contribution in [1.29, 1.82) is 0 Å². The van der Waals surface area contributed by atoms with E-state index in [2.05, 4.69) is 79.9 Å². The number of amides is 1. The van der Waals surface area contributed by atoms with Crippen LogP contribution in [0.25, 0.3) is 0 Å². The van der Waals surface area contributed by atoms with Crippen molar-refractivity contribution in [3.8, 4) is 0 Å². The van der Waals surface area contributed by atoms with E-state index in [4.69, 9.17) is 0 Å². The van der Waals surface area contributed by atoms with Gasteiger partial charge in [0.2, 0.25) is 5.91 Å². The lowest BCUT2D eigenvalue weighted by Crippen LogP contribution is -2.45. The maximum absolute atomic E-state index is 12.4. The molecule has 0 fully saturated rings. The molecule has 0 aliphatic heterocycles. The maximum Gasteiger partial charge on any atom is 0.220 e. The summed E-state index contributed by atoms with van der Waals surface area (Å²) in [7, 11) is 0. The van der Waals surface area contributed by atoms with E-state index in [-0.39, 0.29) is 12.5 Å². The number of aliphatic hydroxyl groups excluding tert-OH is 2. The molecule has 0 radical (unpaired) electrons. The average Bonchev–Trinajstić information content (AvgIpc) is 3.23. The number of nitrogens with one attached hydrogen (secondary N) is 1. The maximum atomic E-state index is 12.4. The van der Waals surface area contributed by atoms with Crippen LogP contribution in [0.1, 0.15) is 245 Å². The van der Waals surface area contributed by atoms with E-state index < -0.39 is 12.1 Å². The number of hydrogen-bond acceptors (Lipinski definition) is 3. The van der Waals surface area contributed by atoms with E-state index in [1.807, 2.05) is 6.08 Å². The molecule has 0 aromatic rings. The Bertz CT molecular complexity index is 1010. The van der Waals surface area contributed by atoms with Gasteiger partial charge in [-0.15, -0.1) is 0 Å². The lowest BCUT2D eigenvalue weighted by molar-refractivity contribution is -0.123. The fraction of sp³-hybridized carbons (Fsp3) is 0.759. The van der Waals surface area contributed by atoms with Crippen LogP contribution >= 0.6 is 0 Å². The first-order chi connectivity index (χ1) is 28.7.